The highest BCUT2D eigenvalue weighted by molar-refractivity contribution is 5.56. The predicted molar refractivity (Wildman–Crippen MR) is 74.2 cm³/mol. The molecule has 2 bridgehead atoms. The van der Waals surface area contributed by atoms with Gasteiger partial charge in [0, 0.05) is 19.1 Å². The summed E-state index contributed by atoms with van der Waals surface area (Å²) in [5.74, 6) is 1.55. The van der Waals surface area contributed by atoms with E-state index >= 15 is 0 Å². The van der Waals surface area contributed by atoms with Crippen molar-refractivity contribution in [2.45, 2.75) is 36.6 Å². The van der Waals surface area contributed by atoms with E-state index in [0.29, 0.717) is 13.0 Å². The zero-order valence-corrected chi connectivity index (χ0v) is 11.5. The Bertz CT molecular complexity index is 658. The molecular weight excluding hydrogens is 270 g/mol. The van der Waals surface area contributed by atoms with Crippen LogP contribution in [-0.4, -0.2) is 46.7 Å². The van der Waals surface area contributed by atoms with E-state index in [1.165, 1.54) is 5.56 Å². The minimum atomic E-state index is -0.451. The standard InChI is InChI=1S/C16H17NO4/c18-10-1-2-16-11-5-13-12(20-8-21-13)3-9(11)6-17(7-15(16)19)14(16)4-10/h1-3,5,10,14-15,18-19H,4,6-8H2/t10-,14-,15+,16-/m0/s1. The smallest absolute Gasteiger partial charge is 0.231 e. The SMILES string of the molecule is O[C@@H]1CN2Cc3cc4c(cc3[C@]13C=C[C@H](O)C[C@H]23)OCO4. The maximum atomic E-state index is 10.7. The van der Waals surface area contributed by atoms with Gasteiger partial charge in [0.1, 0.15) is 0 Å². The van der Waals surface area contributed by atoms with Crippen LogP contribution in [0, 0.1) is 0 Å². The van der Waals surface area contributed by atoms with Crippen LogP contribution in [0.25, 0.3) is 0 Å². The molecule has 3 heterocycles. The van der Waals surface area contributed by atoms with Gasteiger partial charge in [-0.3, -0.25) is 4.90 Å². The molecule has 5 heteroatoms. The second-order valence-electron chi connectivity index (χ2n) is 6.42. The van der Waals surface area contributed by atoms with Gasteiger partial charge in [0.15, 0.2) is 11.5 Å². The number of ether oxygens (including phenoxy) is 2. The van der Waals surface area contributed by atoms with Crippen molar-refractivity contribution in [1.29, 1.82) is 0 Å². The number of aliphatic hydroxyl groups is 2. The highest BCUT2D eigenvalue weighted by atomic mass is 16.7. The van der Waals surface area contributed by atoms with Crippen molar-refractivity contribution in [3.8, 4) is 11.5 Å². The van der Waals surface area contributed by atoms with E-state index in [1.807, 2.05) is 24.3 Å². The molecule has 1 fully saturated rings. The summed E-state index contributed by atoms with van der Waals surface area (Å²) in [6.45, 7) is 1.69. The molecule has 0 spiro atoms. The Balaban J connectivity index is 1.76. The van der Waals surface area contributed by atoms with Gasteiger partial charge in [0.2, 0.25) is 6.79 Å². The largest absolute Gasteiger partial charge is 0.454 e. The Hall–Kier alpha value is -1.56. The maximum absolute atomic E-state index is 10.7. The molecule has 4 aliphatic rings. The highest BCUT2D eigenvalue weighted by Gasteiger charge is 2.58. The van der Waals surface area contributed by atoms with E-state index in [2.05, 4.69) is 4.90 Å². The predicted octanol–water partition coefficient (Wildman–Crippen LogP) is 0.533. The van der Waals surface area contributed by atoms with Gasteiger partial charge in [-0.15, -0.1) is 0 Å². The van der Waals surface area contributed by atoms with Gasteiger partial charge < -0.3 is 19.7 Å². The summed E-state index contributed by atoms with van der Waals surface area (Å²) in [6.07, 6.45) is 3.63. The molecule has 0 aromatic heterocycles. The number of benzene rings is 1. The van der Waals surface area contributed by atoms with Crippen molar-refractivity contribution in [2.75, 3.05) is 13.3 Å². The average molecular weight is 287 g/mol. The van der Waals surface area contributed by atoms with Crippen molar-refractivity contribution >= 4 is 0 Å². The molecule has 5 nitrogen and oxygen atoms in total. The molecule has 5 rings (SSSR count). The number of aliphatic hydroxyl groups excluding tert-OH is 2. The third-order valence-corrected chi connectivity index (χ3v) is 5.45. The van der Waals surface area contributed by atoms with Gasteiger partial charge in [-0.2, -0.15) is 0 Å². The van der Waals surface area contributed by atoms with E-state index in [9.17, 15) is 10.2 Å². The third kappa shape index (κ3) is 1.36. The van der Waals surface area contributed by atoms with Crippen LogP contribution < -0.4 is 9.47 Å². The highest BCUT2D eigenvalue weighted by Crippen LogP contribution is 2.53. The fourth-order valence-corrected chi connectivity index (χ4v) is 4.53. The summed E-state index contributed by atoms with van der Waals surface area (Å²) < 4.78 is 11.0. The lowest BCUT2D eigenvalue weighted by molar-refractivity contribution is 0.0937. The fraction of sp³-hybridized carbons (Fsp3) is 0.500. The van der Waals surface area contributed by atoms with E-state index < -0.39 is 17.6 Å². The van der Waals surface area contributed by atoms with Gasteiger partial charge in [-0.25, -0.2) is 0 Å². The Labute approximate surface area is 122 Å². The molecule has 0 radical (unpaired) electrons. The van der Waals surface area contributed by atoms with Crippen LogP contribution in [0.2, 0.25) is 0 Å². The second-order valence-corrected chi connectivity index (χ2v) is 6.42. The molecule has 0 saturated carbocycles. The lowest BCUT2D eigenvalue weighted by atomic mass is 9.65. The van der Waals surface area contributed by atoms with Gasteiger partial charge in [0.05, 0.1) is 17.6 Å². The topological polar surface area (TPSA) is 62.2 Å². The molecule has 3 aliphatic heterocycles. The van der Waals surface area contributed by atoms with Crippen LogP contribution in [0.3, 0.4) is 0 Å². The lowest BCUT2D eigenvalue weighted by Gasteiger charge is -2.45. The maximum Gasteiger partial charge on any atom is 0.231 e. The quantitative estimate of drug-likeness (QED) is 0.682. The average Bonchev–Trinajstić information content (AvgIpc) is 2.99. The van der Waals surface area contributed by atoms with E-state index in [4.69, 9.17) is 9.47 Å². The summed E-state index contributed by atoms with van der Waals surface area (Å²) in [6, 6.07) is 4.22. The molecule has 1 unspecified atom stereocenters. The summed E-state index contributed by atoms with van der Waals surface area (Å²) >= 11 is 0. The minimum absolute atomic E-state index is 0.153. The monoisotopic (exact) mass is 287 g/mol. The zero-order valence-electron chi connectivity index (χ0n) is 11.5. The molecule has 2 N–H and O–H groups in total. The normalized spacial score (nSPS) is 41.8. The van der Waals surface area contributed by atoms with Crippen molar-refractivity contribution in [1.82, 2.24) is 4.90 Å². The lowest BCUT2D eigenvalue weighted by Crippen LogP contribution is -2.52. The number of hydrogen-bond acceptors (Lipinski definition) is 5. The van der Waals surface area contributed by atoms with E-state index in [-0.39, 0.29) is 12.8 Å². The van der Waals surface area contributed by atoms with E-state index in [1.54, 1.807) is 0 Å². The first-order valence-electron chi connectivity index (χ1n) is 7.41. The van der Waals surface area contributed by atoms with Crippen LogP contribution in [0.4, 0.5) is 0 Å². The van der Waals surface area contributed by atoms with Crippen LogP contribution in [0.1, 0.15) is 17.5 Å². The number of hydrogen-bond donors (Lipinski definition) is 2. The molecule has 1 aliphatic carbocycles. The van der Waals surface area contributed by atoms with Crippen LogP contribution >= 0.6 is 0 Å². The van der Waals surface area contributed by atoms with Gasteiger partial charge >= 0.3 is 0 Å². The molecule has 0 amide bonds. The summed E-state index contributed by atoms with van der Waals surface area (Å²) in [7, 11) is 0. The molecule has 21 heavy (non-hydrogen) atoms. The third-order valence-electron chi connectivity index (χ3n) is 5.45. The molecular formula is C16H17NO4. The Morgan fingerprint density at radius 2 is 2.00 bits per heavy atom. The number of fused-ring (bicyclic) bond motifs is 2. The van der Waals surface area contributed by atoms with Crippen molar-refractivity contribution < 1.29 is 19.7 Å². The van der Waals surface area contributed by atoms with Gasteiger partial charge in [-0.05, 0) is 29.7 Å². The first kappa shape index (κ1) is 12.0. The molecule has 5 atom stereocenters. The first-order chi connectivity index (χ1) is 10.2. The molecule has 1 saturated heterocycles. The fourth-order valence-electron chi connectivity index (χ4n) is 4.53. The second kappa shape index (κ2) is 3.80. The van der Waals surface area contributed by atoms with E-state index in [0.717, 1.165) is 23.6 Å². The van der Waals surface area contributed by atoms with Gasteiger partial charge in [0.25, 0.3) is 0 Å². The number of nitrogens with zero attached hydrogens (tertiary/aromatic N) is 1. The van der Waals surface area contributed by atoms with Crippen LogP contribution in [0.15, 0.2) is 24.3 Å². The Kier molecular flexibility index (Phi) is 2.17. The van der Waals surface area contributed by atoms with Crippen molar-refractivity contribution in [3.05, 3.63) is 35.4 Å². The summed E-state index contributed by atoms with van der Waals surface area (Å²) in [5, 5.41) is 20.7. The molecule has 1 aromatic carbocycles. The molecule has 1 aromatic rings. The van der Waals surface area contributed by atoms with Crippen molar-refractivity contribution in [2.24, 2.45) is 0 Å². The Morgan fingerprint density at radius 1 is 1.19 bits per heavy atom. The van der Waals surface area contributed by atoms with Gasteiger partial charge in [-0.1, -0.05) is 12.2 Å². The minimum Gasteiger partial charge on any atom is -0.454 e. The number of rotatable bonds is 0. The van der Waals surface area contributed by atoms with Crippen LogP contribution in [-0.2, 0) is 12.0 Å². The van der Waals surface area contributed by atoms with Crippen molar-refractivity contribution in [3.63, 3.8) is 0 Å². The van der Waals surface area contributed by atoms with Crippen LogP contribution in [0.5, 0.6) is 11.5 Å². The molecule has 110 valence electrons. The Morgan fingerprint density at radius 3 is 2.86 bits per heavy atom. The summed E-state index contributed by atoms with van der Waals surface area (Å²) in [5.41, 5.74) is 1.89. The first-order valence-corrected chi connectivity index (χ1v) is 7.41. The summed E-state index contributed by atoms with van der Waals surface area (Å²) in [4.78, 5) is 2.28. The zero-order chi connectivity index (χ0) is 14.2.